The van der Waals surface area contributed by atoms with Gasteiger partial charge in [0, 0.05) is 11.3 Å². The van der Waals surface area contributed by atoms with E-state index < -0.39 is 5.97 Å². The average molecular weight is 413 g/mol. The Labute approximate surface area is 173 Å². The summed E-state index contributed by atoms with van der Waals surface area (Å²) in [5.74, 6) is 1.48. The summed E-state index contributed by atoms with van der Waals surface area (Å²) in [5.41, 5.74) is 1.45. The Morgan fingerprint density at radius 3 is 1.97 bits per heavy atom. The van der Waals surface area contributed by atoms with Crippen LogP contribution in [0, 0.1) is 0 Å². The molecule has 0 aliphatic carbocycles. The van der Waals surface area contributed by atoms with Crippen LogP contribution in [0.25, 0.3) is 22.0 Å². The smallest absolute Gasteiger partial charge is 0.310 e. The highest BCUT2D eigenvalue weighted by molar-refractivity contribution is 5.89. The van der Waals surface area contributed by atoms with Crippen molar-refractivity contribution >= 4 is 16.7 Å². The summed E-state index contributed by atoms with van der Waals surface area (Å²) in [4.78, 5) is 27.6. The molecule has 0 saturated heterocycles. The van der Waals surface area contributed by atoms with E-state index in [-0.39, 0.29) is 12.0 Å². The maximum Gasteiger partial charge on any atom is 0.310 e. The summed E-state index contributed by atoms with van der Waals surface area (Å²) >= 11 is 0. The molecule has 1 heterocycles. The van der Waals surface area contributed by atoms with Crippen LogP contribution in [0.4, 0.5) is 0 Å². The molecule has 2 aromatic carbocycles. The first-order valence-corrected chi connectivity index (χ1v) is 9.06. The lowest BCUT2D eigenvalue weighted by Gasteiger charge is -2.15. The number of pyridine rings is 1. The largest absolute Gasteiger partial charge is 0.493 e. The van der Waals surface area contributed by atoms with E-state index in [0.29, 0.717) is 50.6 Å². The number of fused-ring (bicyclic) bond motifs is 1. The normalized spacial score (nSPS) is 10.6. The lowest BCUT2D eigenvalue weighted by Crippen LogP contribution is -2.10. The standard InChI is InChI=1S/C22H23NO7/c1-26-17-7-12-6-16(23-22(25)15(12)11-20(17)29-4)14-10-19(28-3)18(27-2)8-13(14)9-21(24)30-5/h6-8,10-11H,9H2,1-5H3,(H,23,25). The zero-order chi connectivity index (χ0) is 21.8. The van der Waals surface area contributed by atoms with Crippen molar-refractivity contribution in [3.8, 4) is 34.3 Å². The van der Waals surface area contributed by atoms with Gasteiger partial charge in [-0.15, -0.1) is 0 Å². The number of nitrogens with one attached hydrogen (secondary N) is 1. The summed E-state index contributed by atoms with van der Waals surface area (Å²) in [6.45, 7) is 0. The van der Waals surface area contributed by atoms with Crippen LogP contribution in [0.1, 0.15) is 5.56 Å². The Balaban J connectivity index is 2.27. The molecule has 0 amide bonds. The number of esters is 1. The number of rotatable bonds is 7. The van der Waals surface area contributed by atoms with Gasteiger partial charge in [-0.05, 0) is 41.3 Å². The second kappa shape index (κ2) is 8.77. The Morgan fingerprint density at radius 2 is 1.37 bits per heavy atom. The number of H-pyrrole nitrogens is 1. The third-order valence-corrected chi connectivity index (χ3v) is 4.81. The van der Waals surface area contributed by atoms with E-state index in [0.717, 1.165) is 0 Å². The third kappa shape index (κ3) is 3.89. The minimum Gasteiger partial charge on any atom is -0.493 e. The second-order valence-electron chi connectivity index (χ2n) is 6.42. The topological polar surface area (TPSA) is 96.1 Å². The van der Waals surface area contributed by atoms with E-state index in [9.17, 15) is 9.59 Å². The summed E-state index contributed by atoms with van der Waals surface area (Å²) < 4.78 is 26.2. The van der Waals surface area contributed by atoms with Crippen LogP contribution in [0.15, 0.2) is 35.1 Å². The first kappa shape index (κ1) is 21.0. The molecule has 0 aliphatic rings. The predicted octanol–water partition coefficient (Wildman–Crippen LogP) is 2.95. The molecule has 1 aromatic heterocycles. The van der Waals surface area contributed by atoms with Gasteiger partial charge in [0.2, 0.25) is 0 Å². The lowest BCUT2D eigenvalue weighted by atomic mass is 9.98. The summed E-state index contributed by atoms with van der Waals surface area (Å²) in [6.07, 6.45) is -0.00180. The van der Waals surface area contributed by atoms with Gasteiger partial charge in [-0.3, -0.25) is 9.59 Å². The van der Waals surface area contributed by atoms with Crippen molar-refractivity contribution in [2.75, 3.05) is 35.5 Å². The molecule has 0 fully saturated rings. The Morgan fingerprint density at radius 1 is 0.800 bits per heavy atom. The highest BCUT2D eigenvalue weighted by Crippen LogP contribution is 2.37. The van der Waals surface area contributed by atoms with Gasteiger partial charge < -0.3 is 28.7 Å². The zero-order valence-electron chi connectivity index (χ0n) is 17.5. The van der Waals surface area contributed by atoms with Crippen molar-refractivity contribution in [2.24, 2.45) is 0 Å². The number of aromatic amines is 1. The monoisotopic (exact) mass is 413 g/mol. The number of aromatic nitrogens is 1. The zero-order valence-corrected chi connectivity index (χ0v) is 17.5. The van der Waals surface area contributed by atoms with Gasteiger partial charge in [-0.1, -0.05) is 0 Å². The number of benzene rings is 2. The Bertz CT molecular complexity index is 1150. The van der Waals surface area contributed by atoms with E-state index in [2.05, 4.69) is 4.98 Å². The maximum absolute atomic E-state index is 12.8. The summed E-state index contributed by atoms with van der Waals surface area (Å²) in [6, 6.07) is 8.58. The highest BCUT2D eigenvalue weighted by Gasteiger charge is 2.18. The van der Waals surface area contributed by atoms with Gasteiger partial charge in [0.25, 0.3) is 5.56 Å². The van der Waals surface area contributed by atoms with Crippen LogP contribution < -0.4 is 24.5 Å². The number of carbonyl (C=O) groups excluding carboxylic acids is 1. The first-order valence-electron chi connectivity index (χ1n) is 9.06. The van der Waals surface area contributed by atoms with Crippen molar-refractivity contribution in [3.05, 3.63) is 46.2 Å². The number of carbonyl (C=O) groups is 1. The van der Waals surface area contributed by atoms with E-state index in [4.69, 9.17) is 23.7 Å². The molecule has 3 aromatic rings. The van der Waals surface area contributed by atoms with Gasteiger partial charge in [-0.2, -0.15) is 0 Å². The van der Waals surface area contributed by atoms with Crippen molar-refractivity contribution in [3.63, 3.8) is 0 Å². The van der Waals surface area contributed by atoms with Crippen molar-refractivity contribution < 1.29 is 28.5 Å². The molecule has 158 valence electrons. The van der Waals surface area contributed by atoms with Gasteiger partial charge in [-0.25, -0.2) is 0 Å². The van der Waals surface area contributed by atoms with E-state index in [1.165, 1.54) is 35.5 Å². The molecule has 8 nitrogen and oxygen atoms in total. The fourth-order valence-corrected chi connectivity index (χ4v) is 3.28. The van der Waals surface area contributed by atoms with Crippen LogP contribution in [0.2, 0.25) is 0 Å². The Kier molecular flexibility index (Phi) is 6.15. The lowest BCUT2D eigenvalue weighted by molar-refractivity contribution is -0.139. The van der Waals surface area contributed by atoms with E-state index >= 15 is 0 Å². The molecular weight excluding hydrogens is 390 g/mol. The van der Waals surface area contributed by atoms with Crippen LogP contribution in [-0.4, -0.2) is 46.5 Å². The fraction of sp³-hybridized carbons (Fsp3) is 0.273. The van der Waals surface area contributed by atoms with Crippen LogP contribution in [0.3, 0.4) is 0 Å². The number of hydrogen-bond acceptors (Lipinski definition) is 7. The molecule has 3 rings (SSSR count). The SMILES string of the molecule is COC(=O)Cc1cc(OC)c(OC)cc1-c1cc2cc(OC)c(OC)cc2c(=O)[nH]1. The highest BCUT2D eigenvalue weighted by atomic mass is 16.5. The molecule has 0 aliphatic heterocycles. The number of ether oxygens (including phenoxy) is 5. The first-order chi connectivity index (χ1) is 14.4. The number of methoxy groups -OCH3 is 5. The predicted molar refractivity (Wildman–Crippen MR) is 112 cm³/mol. The average Bonchev–Trinajstić information content (AvgIpc) is 2.77. The third-order valence-electron chi connectivity index (χ3n) is 4.81. The number of hydrogen-bond donors (Lipinski definition) is 1. The molecular formula is C22H23NO7. The van der Waals surface area contributed by atoms with E-state index in [1.54, 1.807) is 30.3 Å². The van der Waals surface area contributed by atoms with Crippen LogP contribution in [0.5, 0.6) is 23.0 Å². The molecule has 0 spiro atoms. The van der Waals surface area contributed by atoms with Gasteiger partial charge in [0.05, 0.1) is 47.4 Å². The molecule has 0 atom stereocenters. The molecule has 0 unspecified atom stereocenters. The molecule has 0 radical (unpaired) electrons. The molecule has 8 heteroatoms. The summed E-state index contributed by atoms with van der Waals surface area (Å²) in [7, 11) is 7.38. The second-order valence-corrected chi connectivity index (χ2v) is 6.42. The van der Waals surface area contributed by atoms with Gasteiger partial charge in [0.1, 0.15) is 0 Å². The van der Waals surface area contributed by atoms with Crippen LogP contribution >= 0.6 is 0 Å². The fourth-order valence-electron chi connectivity index (χ4n) is 3.28. The van der Waals surface area contributed by atoms with Gasteiger partial charge >= 0.3 is 5.97 Å². The minimum absolute atomic E-state index is 0.00180. The van der Waals surface area contributed by atoms with Crippen molar-refractivity contribution in [2.45, 2.75) is 6.42 Å². The molecule has 0 bridgehead atoms. The van der Waals surface area contributed by atoms with Crippen LogP contribution in [-0.2, 0) is 16.0 Å². The maximum atomic E-state index is 12.8. The summed E-state index contributed by atoms with van der Waals surface area (Å²) in [5, 5.41) is 1.11. The molecule has 0 saturated carbocycles. The minimum atomic E-state index is -0.419. The van der Waals surface area contributed by atoms with Gasteiger partial charge in [0.15, 0.2) is 23.0 Å². The quantitative estimate of drug-likeness (QED) is 0.595. The Hall–Kier alpha value is -3.68. The van der Waals surface area contributed by atoms with E-state index in [1.807, 2.05) is 0 Å². The van der Waals surface area contributed by atoms with Crippen molar-refractivity contribution in [1.29, 1.82) is 0 Å². The molecule has 30 heavy (non-hydrogen) atoms. The molecule has 1 N–H and O–H groups in total. The van der Waals surface area contributed by atoms with Crippen molar-refractivity contribution in [1.82, 2.24) is 4.98 Å².